The van der Waals surface area contributed by atoms with Gasteiger partial charge in [-0.2, -0.15) is 13.2 Å². The summed E-state index contributed by atoms with van der Waals surface area (Å²) in [5.41, 5.74) is 5.35. The van der Waals surface area contributed by atoms with E-state index in [9.17, 15) is 18.0 Å². The fraction of sp³-hybridized carbons (Fsp3) is 0.800. The molecule has 1 fully saturated rings. The Hall–Kier alpha value is -1.51. The normalized spacial score (nSPS) is 19.4. The number of nitrogens with one attached hydrogen (secondary N) is 1. The van der Waals surface area contributed by atoms with Gasteiger partial charge in [0.2, 0.25) is 5.91 Å². The monoisotopic (exact) mass is 282 g/mol. The van der Waals surface area contributed by atoms with Gasteiger partial charge in [0.05, 0.1) is 6.54 Å². The summed E-state index contributed by atoms with van der Waals surface area (Å²) in [6, 6.07) is -0.251. The van der Waals surface area contributed by atoms with Crippen LogP contribution in [0.15, 0.2) is 5.16 Å². The average Bonchev–Trinajstić information content (AvgIpc) is 2.29. The molecular weight excluding hydrogens is 265 g/mol. The van der Waals surface area contributed by atoms with Crippen LogP contribution < -0.4 is 11.1 Å². The van der Waals surface area contributed by atoms with Crippen LogP contribution in [0.2, 0.25) is 0 Å². The third-order valence-corrected chi connectivity index (χ3v) is 2.83. The molecule has 19 heavy (non-hydrogen) atoms. The summed E-state index contributed by atoms with van der Waals surface area (Å²) in [7, 11) is 0. The SMILES string of the molecule is NC(CN1CCC(NC(=O)CC(F)(F)F)CC1)=NO. The van der Waals surface area contributed by atoms with Crippen LogP contribution in [0.4, 0.5) is 13.2 Å². The van der Waals surface area contributed by atoms with Crippen molar-refractivity contribution in [1.29, 1.82) is 0 Å². The maximum Gasteiger partial charge on any atom is 0.397 e. The highest BCUT2D eigenvalue weighted by molar-refractivity contribution is 5.81. The summed E-state index contributed by atoms with van der Waals surface area (Å²) in [6.07, 6.45) is -4.83. The maximum absolute atomic E-state index is 12.0. The first kappa shape index (κ1) is 15.5. The van der Waals surface area contributed by atoms with Gasteiger partial charge in [0.1, 0.15) is 6.42 Å². The second-order valence-corrected chi connectivity index (χ2v) is 4.50. The quantitative estimate of drug-likeness (QED) is 0.299. The molecule has 1 heterocycles. The number of amides is 1. The minimum absolute atomic E-state index is 0.0829. The second-order valence-electron chi connectivity index (χ2n) is 4.50. The van der Waals surface area contributed by atoms with E-state index < -0.39 is 18.5 Å². The molecule has 0 spiro atoms. The molecule has 110 valence electrons. The van der Waals surface area contributed by atoms with Crippen LogP contribution in [-0.4, -0.2) is 53.7 Å². The topological polar surface area (TPSA) is 91.0 Å². The number of likely N-dealkylation sites (tertiary alicyclic amines) is 1. The highest BCUT2D eigenvalue weighted by Crippen LogP contribution is 2.19. The Labute approximate surface area is 108 Å². The van der Waals surface area contributed by atoms with Crippen molar-refractivity contribution in [3.8, 4) is 0 Å². The molecule has 0 atom stereocenters. The van der Waals surface area contributed by atoms with E-state index in [-0.39, 0.29) is 11.9 Å². The summed E-state index contributed by atoms with van der Waals surface area (Å²) < 4.78 is 36.0. The van der Waals surface area contributed by atoms with Crippen molar-refractivity contribution in [2.45, 2.75) is 31.5 Å². The first-order valence-corrected chi connectivity index (χ1v) is 5.85. The summed E-state index contributed by atoms with van der Waals surface area (Å²) >= 11 is 0. The van der Waals surface area contributed by atoms with Crippen LogP contribution >= 0.6 is 0 Å². The van der Waals surface area contributed by atoms with Crippen LogP contribution in [0.1, 0.15) is 19.3 Å². The van der Waals surface area contributed by atoms with Gasteiger partial charge in [-0.25, -0.2) is 0 Å². The first-order valence-electron chi connectivity index (χ1n) is 5.85. The highest BCUT2D eigenvalue weighted by Gasteiger charge is 2.32. The molecule has 1 saturated heterocycles. The number of halogens is 3. The van der Waals surface area contributed by atoms with Crippen LogP contribution in [0, 0.1) is 0 Å². The van der Waals surface area contributed by atoms with Gasteiger partial charge in [0, 0.05) is 19.1 Å². The van der Waals surface area contributed by atoms with E-state index in [4.69, 9.17) is 10.9 Å². The number of carbonyl (C=O) groups excluding carboxylic acids is 1. The van der Waals surface area contributed by atoms with E-state index in [1.54, 1.807) is 0 Å². The Morgan fingerprint density at radius 1 is 1.42 bits per heavy atom. The lowest BCUT2D eigenvalue weighted by atomic mass is 10.0. The predicted octanol–water partition coefficient (Wildman–Crippen LogP) is 0.266. The van der Waals surface area contributed by atoms with Gasteiger partial charge in [-0.3, -0.25) is 9.69 Å². The third-order valence-electron chi connectivity index (χ3n) is 2.83. The van der Waals surface area contributed by atoms with Crippen LogP contribution in [0.25, 0.3) is 0 Å². The summed E-state index contributed by atoms with van der Waals surface area (Å²) in [4.78, 5) is 13.0. The van der Waals surface area contributed by atoms with Crippen molar-refractivity contribution >= 4 is 11.7 Å². The van der Waals surface area contributed by atoms with Gasteiger partial charge in [-0.15, -0.1) is 0 Å². The average molecular weight is 282 g/mol. The molecule has 9 heteroatoms. The van der Waals surface area contributed by atoms with Gasteiger partial charge < -0.3 is 16.3 Å². The fourth-order valence-corrected chi connectivity index (χ4v) is 1.96. The molecule has 1 aliphatic rings. The number of alkyl halides is 3. The van der Waals surface area contributed by atoms with E-state index in [0.29, 0.717) is 32.5 Å². The van der Waals surface area contributed by atoms with Crippen LogP contribution in [0.5, 0.6) is 0 Å². The van der Waals surface area contributed by atoms with Gasteiger partial charge in [-0.1, -0.05) is 5.16 Å². The van der Waals surface area contributed by atoms with Crippen molar-refractivity contribution in [2.24, 2.45) is 10.9 Å². The van der Waals surface area contributed by atoms with Gasteiger partial charge in [-0.05, 0) is 12.8 Å². The Kier molecular flexibility index (Phi) is 5.40. The molecule has 0 aromatic heterocycles. The smallest absolute Gasteiger partial charge is 0.397 e. The van der Waals surface area contributed by atoms with Crippen LogP contribution in [0.3, 0.4) is 0 Å². The largest absolute Gasteiger partial charge is 0.409 e. The zero-order chi connectivity index (χ0) is 14.5. The second kappa shape index (κ2) is 6.60. The maximum atomic E-state index is 12.0. The number of hydrogen-bond acceptors (Lipinski definition) is 4. The summed E-state index contributed by atoms with van der Waals surface area (Å²) in [6.45, 7) is 1.46. The minimum atomic E-state index is -4.48. The lowest BCUT2D eigenvalue weighted by Crippen LogP contribution is -2.47. The Morgan fingerprint density at radius 3 is 2.47 bits per heavy atom. The van der Waals surface area contributed by atoms with E-state index in [0.717, 1.165) is 0 Å². The van der Waals surface area contributed by atoms with E-state index >= 15 is 0 Å². The number of amidine groups is 1. The number of piperidine rings is 1. The van der Waals surface area contributed by atoms with E-state index in [2.05, 4.69) is 10.5 Å². The van der Waals surface area contributed by atoms with Crippen molar-refractivity contribution in [3.63, 3.8) is 0 Å². The van der Waals surface area contributed by atoms with Crippen LogP contribution in [-0.2, 0) is 4.79 Å². The summed E-state index contributed by atoms with van der Waals surface area (Å²) in [5.74, 6) is -0.915. The zero-order valence-corrected chi connectivity index (χ0v) is 10.3. The number of hydrogen-bond donors (Lipinski definition) is 3. The van der Waals surface area contributed by atoms with E-state index in [1.807, 2.05) is 4.90 Å². The molecule has 6 nitrogen and oxygen atoms in total. The number of nitrogens with two attached hydrogens (primary N) is 1. The van der Waals surface area contributed by atoms with E-state index in [1.165, 1.54) is 0 Å². The molecule has 0 saturated carbocycles. The molecule has 0 aromatic rings. The van der Waals surface area contributed by atoms with Crippen molar-refractivity contribution < 1.29 is 23.2 Å². The molecule has 0 bridgehead atoms. The van der Waals surface area contributed by atoms with Gasteiger partial charge in [0.25, 0.3) is 0 Å². The Balaban J connectivity index is 2.29. The Bertz CT molecular complexity index is 338. The predicted molar refractivity (Wildman–Crippen MR) is 61.7 cm³/mol. The van der Waals surface area contributed by atoms with Crippen molar-refractivity contribution in [1.82, 2.24) is 10.2 Å². The number of oxime groups is 1. The minimum Gasteiger partial charge on any atom is -0.409 e. The summed E-state index contributed by atoms with van der Waals surface area (Å²) in [5, 5.41) is 13.6. The van der Waals surface area contributed by atoms with Gasteiger partial charge in [0.15, 0.2) is 5.84 Å². The molecule has 1 rings (SSSR count). The fourth-order valence-electron chi connectivity index (χ4n) is 1.96. The molecule has 4 N–H and O–H groups in total. The zero-order valence-electron chi connectivity index (χ0n) is 10.3. The molecule has 1 aliphatic heterocycles. The van der Waals surface area contributed by atoms with Crippen molar-refractivity contribution in [3.05, 3.63) is 0 Å². The highest BCUT2D eigenvalue weighted by atomic mass is 19.4. The lowest BCUT2D eigenvalue weighted by molar-refractivity contribution is -0.154. The molecule has 0 aromatic carbocycles. The lowest BCUT2D eigenvalue weighted by Gasteiger charge is -2.31. The van der Waals surface area contributed by atoms with Crippen molar-refractivity contribution in [2.75, 3.05) is 19.6 Å². The molecule has 0 radical (unpaired) electrons. The first-order chi connectivity index (χ1) is 8.80. The third kappa shape index (κ3) is 6.27. The Morgan fingerprint density at radius 2 is 2.00 bits per heavy atom. The number of nitrogens with zero attached hydrogens (tertiary/aromatic N) is 2. The number of rotatable bonds is 4. The van der Waals surface area contributed by atoms with Gasteiger partial charge >= 0.3 is 6.18 Å². The number of carbonyl (C=O) groups is 1. The molecule has 1 amide bonds. The standard InChI is InChI=1S/C10H17F3N4O2/c11-10(12,13)5-9(18)15-7-1-3-17(4-2-7)6-8(14)16-19/h7,19H,1-6H2,(H2,14,16)(H,15,18). The molecular formula is C10H17F3N4O2. The molecule has 0 aliphatic carbocycles. The molecule has 0 unspecified atom stereocenters.